The van der Waals surface area contributed by atoms with Crippen LogP contribution in [0.25, 0.3) is 0 Å². The molecular weight excluding hydrogens is 302 g/mol. The van der Waals surface area contributed by atoms with Crippen molar-refractivity contribution in [1.29, 1.82) is 0 Å². The van der Waals surface area contributed by atoms with Crippen LogP contribution in [0.5, 0.6) is 0 Å². The van der Waals surface area contributed by atoms with Crippen LogP contribution in [0.1, 0.15) is 24.8 Å². The van der Waals surface area contributed by atoms with Crippen LogP contribution >= 0.6 is 0 Å². The Kier molecular flexibility index (Phi) is 5.08. The van der Waals surface area contributed by atoms with E-state index in [4.69, 9.17) is 0 Å². The summed E-state index contributed by atoms with van der Waals surface area (Å²) in [5.41, 5.74) is 1.84. The molecule has 1 aromatic carbocycles. The van der Waals surface area contributed by atoms with Gasteiger partial charge in [-0.25, -0.2) is 8.42 Å². The van der Waals surface area contributed by atoms with Gasteiger partial charge in [-0.3, -0.25) is 4.79 Å². The van der Waals surface area contributed by atoms with Crippen molar-refractivity contribution in [3.63, 3.8) is 0 Å². The van der Waals surface area contributed by atoms with E-state index in [9.17, 15) is 13.2 Å². The lowest BCUT2D eigenvalue weighted by Gasteiger charge is -2.19. The molecule has 1 amide bonds. The molecule has 1 atom stereocenters. The zero-order valence-corrected chi connectivity index (χ0v) is 14.0. The summed E-state index contributed by atoms with van der Waals surface area (Å²) in [6, 6.07) is 4.28. The van der Waals surface area contributed by atoms with Gasteiger partial charge in [0, 0.05) is 26.3 Å². The van der Waals surface area contributed by atoms with Gasteiger partial charge >= 0.3 is 0 Å². The maximum atomic E-state index is 12.5. The molecule has 1 heterocycles. The van der Waals surface area contributed by atoms with E-state index in [2.05, 4.69) is 10.0 Å². The van der Waals surface area contributed by atoms with Crippen molar-refractivity contribution in [3.05, 3.63) is 23.8 Å². The lowest BCUT2D eigenvalue weighted by Crippen LogP contribution is -2.45. The summed E-state index contributed by atoms with van der Waals surface area (Å²) >= 11 is 0. The standard InChI is InChI=1S/C15H23N3O3S/c1-11-7-8-12(10-14(11)18(2)3)22(20,21)17-13-6-4-5-9-16-15(13)19/h7-8,10,13,17H,4-6,9H2,1-3H3,(H,16,19). The van der Waals surface area contributed by atoms with Crippen molar-refractivity contribution in [2.45, 2.75) is 37.1 Å². The van der Waals surface area contributed by atoms with Crippen LogP contribution in [0.2, 0.25) is 0 Å². The summed E-state index contributed by atoms with van der Waals surface area (Å²) in [7, 11) is 0.0127. The lowest BCUT2D eigenvalue weighted by molar-refractivity contribution is -0.122. The Labute approximate surface area is 131 Å². The van der Waals surface area contributed by atoms with Gasteiger partial charge in [0.25, 0.3) is 0 Å². The fourth-order valence-corrected chi connectivity index (χ4v) is 3.79. The number of sulfonamides is 1. The third kappa shape index (κ3) is 3.78. The summed E-state index contributed by atoms with van der Waals surface area (Å²) in [5, 5.41) is 2.73. The number of hydrogen-bond acceptors (Lipinski definition) is 4. The zero-order chi connectivity index (χ0) is 16.3. The number of amides is 1. The van der Waals surface area contributed by atoms with Crippen molar-refractivity contribution in [3.8, 4) is 0 Å². The number of anilines is 1. The molecule has 0 saturated carbocycles. The molecule has 22 heavy (non-hydrogen) atoms. The van der Waals surface area contributed by atoms with E-state index in [0.29, 0.717) is 13.0 Å². The highest BCUT2D eigenvalue weighted by molar-refractivity contribution is 7.89. The maximum Gasteiger partial charge on any atom is 0.241 e. The molecule has 0 spiro atoms. The second kappa shape index (κ2) is 6.66. The fourth-order valence-electron chi connectivity index (χ4n) is 2.55. The van der Waals surface area contributed by atoms with E-state index < -0.39 is 16.1 Å². The van der Waals surface area contributed by atoms with E-state index in [1.54, 1.807) is 18.2 Å². The summed E-state index contributed by atoms with van der Waals surface area (Å²) in [5.74, 6) is -0.249. The zero-order valence-electron chi connectivity index (χ0n) is 13.2. The molecular formula is C15H23N3O3S. The average molecular weight is 325 g/mol. The summed E-state index contributed by atoms with van der Waals surface area (Å²) in [6.07, 6.45) is 2.22. The molecule has 6 nitrogen and oxygen atoms in total. The van der Waals surface area contributed by atoms with E-state index in [-0.39, 0.29) is 10.8 Å². The number of carbonyl (C=O) groups is 1. The summed E-state index contributed by atoms with van der Waals surface area (Å²) in [6.45, 7) is 2.53. The Morgan fingerprint density at radius 1 is 1.27 bits per heavy atom. The number of aryl methyl sites for hydroxylation is 1. The van der Waals surface area contributed by atoms with Crippen LogP contribution in [0, 0.1) is 6.92 Å². The average Bonchev–Trinajstić information content (AvgIpc) is 2.63. The number of nitrogens with one attached hydrogen (secondary N) is 2. The van der Waals surface area contributed by atoms with Crippen LogP contribution in [0.3, 0.4) is 0 Å². The smallest absolute Gasteiger partial charge is 0.241 e. The molecule has 1 aliphatic rings. The molecule has 1 fully saturated rings. The molecule has 0 aromatic heterocycles. The first kappa shape index (κ1) is 16.8. The molecule has 2 rings (SSSR count). The highest BCUT2D eigenvalue weighted by atomic mass is 32.2. The van der Waals surface area contributed by atoms with Crippen molar-refractivity contribution < 1.29 is 13.2 Å². The second-order valence-electron chi connectivity index (χ2n) is 5.80. The van der Waals surface area contributed by atoms with Crippen molar-refractivity contribution >= 4 is 21.6 Å². The van der Waals surface area contributed by atoms with Crippen LogP contribution in [0.15, 0.2) is 23.1 Å². The first-order chi connectivity index (χ1) is 10.3. The molecule has 122 valence electrons. The van der Waals surface area contributed by atoms with Crippen LogP contribution in [0.4, 0.5) is 5.69 Å². The second-order valence-corrected chi connectivity index (χ2v) is 7.52. The summed E-state index contributed by atoms with van der Waals surface area (Å²) < 4.78 is 27.6. The van der Waals surface area contributed by atoms with E-state index in [1.165, 1.54) is 0 Å². The van der Waals surface area contributed by atoms with Gasteiger partial charge in [-0.15, -0.1) is 0 Å². The molecule has 1 saturated heterocycles. The highest BCUT2D eigenvalue weighted by Gasteiger charge is 2.27. The molecule has 2 N–H and O–H groups in total. The fraction of sp³-hybridized carbons (Fsp3) is 0.533. The third-order valence-corrected chi connectivity index (χ3v) is 5.27. The minimum atomic E-state index is -3.72. The number of rotatable bonds is 4. The van der Waals surface area contributed by atoms with E-state index >= 15 is 0 Å². The Balaban J connectivity index is 2.26. The van der Waals surface area contributed by atoms with Crippen LogP contribution in [-0.4, -0.2) is 41.0 Å². The van der Waals surface area contributed by atoms with E-state index in [1.807, 2.05) is 25.9 Å². The van der Waals surface area contributed by atoms with Gasteiger partial charge < -0.3 is 10.2 Å². The van der Waals surface area contributed by atoms with Gasteiger partial charge in [0.05, 0.1) is 4.90 Å². The van der Waals surface area contributed by atoms with Gasteiger partial charge in [0.15, 0.2) is 0 Å². The molecule has 0 aliphatic carbocycles. The van der Waals surface area contributed by atoms with Gasteiger partial charge in [0.2, 0.25) is 15.9 Å². The van der Waals surface area contributed by atoms with Crippen LogP contribution in [-0.2, 0) is 14.8 Å². The van der Waals surface area contributed by atoms with Crippen LogP contribution < -0.4 is 14.9 Å². The SMILES string of the molecule is Cc1ccc(S(=O)(=O)NC2CCCCNC2=O)cc1N(C)C. The van der Waals surface area contributed by atoms with E-state index in [0.717, 1.165) is 24.1 Å². The van der Waals surface area contributed by atoms with Crippen molar-refractivity contribution in [2.24, 2.45) is 0 Å². The van der Waals surface area contributed by atoms with Crippen molar-refractivity contribution in [2.75, 3.05) is 25.5 Å². The normalized spacial score (nSPS) is 19.4. The number of hydrogen-bond donors (Lipinski definition) is 2. The minimum Gasteiger partial charge on any atom is -0.377 e. The third-order valence-electron chi connectivity index (χ3n) is 3.81. The predicted molar refractivity (Wildman–Crippen MR) is 86.5 cm³/mol. The molecule has 1 aliphatic heterocycles. The topological polar surface area (TPSA) is 78.5 Å². The monoisotopic (exact) mass is 325 g/mol. The van der Waals surface area contributed by atoms with Gasteiger partial charge in [-0.05, 0) is 43.9 Å². The molecule has 7 heteroatoms. The first-order valence-corrected chi connectivity index (χ1v) is 8.87. The predicted octanol–water partition coefficient (Wildman–Crippen LogP) is 1.01. The Hall–Kier alpha value is -1.60. The van der Waals surface area contributed by atoms with Gasteiger partial charge in [-0.2, -0.15) is 4.72 Å². The number of nitrogens with zero attached hydrogens (tertiary/aromatic N) is 1. The Morgan fingerprint density at radius 3 is 2.68 bits per heavy atom. The van der Waals surface area contributed by atoms with Gasteiger partial charge in [-0.1, -0.05) is 6.07 Å². The molecule has 1 unspecified atom stereocenters. The number of carbonyl (C=O) groups excluding carboxylic acids is 1. The highest BCUT2D eigenvalue weighted by Crippen LogP contribution is 2.22. The molecule has 0 bridgehead atoms. The largest absolute Gasteiger partial charge is 0.377 e. The Morgan fingerprint density at radius 2 is 2.00 bits per heavy atom. The first-order valence-electron chi connectivity index (χ1n) is 7.39. The minimum absolute atomic E-state index is 0.179. The van der Waals surface area contributed by atoms with Gasteiger partial charge in [0.1, 0.15) is 6.04 Å². The summed E-state index contributed by atoms with van der Waals surface area (Å²) in [4.78, 5) is 14.0. The maximum absolute atomic E-state index is 12.5. The molecule has 1 aromatic rings. The lowest BCUT2D eigenvalue weighted by atomic mass is 10.1. The quantitative estimate of drug-likeness (QED) is 0.866. The number of benzene rings is 1. The Bertz CT molecular complexity index is 656. The molecule has 0 radical (unpaired) electrons. The van der Waals surface area contributed by atoms with Crippen molar-refractivity contribution in [1.82, 2.24) is 10.0 Å².